The highest BCUT2D eigenvalue weighted by atomic mass is 35.5. The molecule has 2 aromatic rings. The number of nitrogens with two attached hydrogens (primary N) is 2. The van der Waals surface area contributed by atoms with E-state index in [1.807, 2.05) is 32.9 Å². The number of fused-ring (bicyclic) bond motifs is 1. The third kappa shape index (κ3) is 5.46. The minimum absolute atomic E-state index is 0. The number of nitrogens with one attached hydrogen (secondary N) is 1. The lowest BCUT2D eigenvalue weighted by molar-refractivity contribution is 0.0543. The van der Waals surface area contributed by atoms with Crippen LogP contribution in [0.5, 0.6) is 11.5 Å². The highest BCUT2D eigenvalue weighted by Gasteiger charge is 2.34. The van der Waals surface area contributed by atoms with Crippen molar-refractivity contribution in [2.75, 3.05) is 6.54 Å². The molecular formula is C24H33ClN4O3. The quantitative estimate of drug-likeness (QED) is 0.388. The first-order valence-corrected chi connectivity index (χ1v) is 10.5. The molecule has 1 unspecified atom stereocenters. The minimum atomic E-state index is -0.370. The predicted molar refractivity (Wildman–Crippen MR) is 130 cm³/mol. The Balaban J connectivity index is 0.00000363. The van der Waals surface area contributed by atoms with Crippen molar-refractivity contribution in [1.29, 1.82) is 0 Å². The second kappa shape index (κ2) is 10.1. The average Bonchev–Trinajstić information content (AvgIpc) is 2.75. The molecule has 2 aromatic carbocycles. The zero-order valence-electron chi connectivity index (χ0n) is 19.1. The summed E-state index contributed by atoms with van der Waals surface area (Å²) >= 11 is 0. The molecule has 0 bridgehead atoms. The van der Waals surface area contributed by atoms with Gasteiger partial charge in [-0.15, -0.1) is 12.4 Å². The number of hydrogen-bond donors (Lipinski definition) is 4. The smallest absolute Gasteiger partial charge is 0.251 e. The number of aromatic hydroxyl groups is 1. The van der Waals surface area contributed by atoms with Gasteiger partial charge in [0.25, 0.3) is 5.91 Å². The van der Waals surface area contributed by atoms with Crippen LogP contribution in [0.25, 0.3) is 0 Å². The molecule has 0 aromatic heterocycles. The zero-order valence-corrected chi connectivity index (χ0v) is 19.9. The Morgan fingerprint density at radius 1 is 1.16 bits per heavy atom. The van der Waals surface area contributed by atoms with Crippen molar-refractivity contribution in [2.45, 2.75) is 59.1 Å². The molecule has 1 amide bonds. The molecule has 6 N–H and O–H groups in total. The maximum atomic E-state index is 12.5. The van der Waals surface area contributed by atoms with Crippen molar-refractivity contribution in [2.24, 2.45) is 16.5 Å². The van der Waals surface area contributed by atoms with Crippen LogP contribution in [0.15, 0.2) is 29.3 Å². The molecule has 1 aliphatic heterocycles. The van der Waals surface area contributed by atoms with Crippen molar-refractivity contribution in [3.63, 3.8) is 0 Å². The molecule has 3 rings (SSSR count). The summed E-state index contributed by atoms with van der Waals surface area (Å²) in [5, 5.41) is 13.3. The summed E-state index contributed by atoms with van der Waals surface area (Å²) in [6.07, 6.45) is 2.37. The van der Waals surface area contributed by atoms with E-state index in [1.54, 1.807) is 12.1 Å². The van der Waals surface area contributed by atoms with Crippen molar-refractivity contribution in [3.05, 3.63) is 57.6 Å². The summed E-state index contributed by atoms with van der Waals surface area (Å²) in [6, 6.07) is 7.21. The van der Waals surface area contributed by atoms with Gasteiger partial charge in [0.1, 0.15) is 17.1 Å². The Hall–Kier alpha value is -2.93. The minimum Gasteiger partial charge on any atom is -0.507 e. The molecule has 8 heteroatoms. The first kappa shape index (κ1) is 25.3. The Morgan fingerprint density at radius 2 is 1.81 bits per heavy atom. The van der Waals surface area contributed by atoms with Gasteiger partial charge in [-0.2, -0.15) is 0 Å². The summed E-state index contributed by atoms with van der Waals surface area (Å²) in [5.74, 6) is 1.16. The highest BCUT2D eigenvalue weighted by molar-refractivity contribution is 5.94. The van der Waals surface area contributed by atoms with Crippen LogP contribution in [0.3, 0.4) is 0 Å². The van der Waals surface area contributed by atoms with Crippen LogP contribution in [0, 0.1) is 20.8 Å². The van der Waals surface area contributed by atoms with E-state index in [0.717, 1.165) is 46.4 Å². The molecule has 0 fully saturated rings. The fourth-order valence-corrected chi connectivity index (χ4v) is 3.96. The second-order valence-electron chi connectivity index (χ2n) is 8.53. The zero-order chi connectivity index (χ0) is 22.8. The van der Waals surface area contributed by atoms with Crippen LogP contribution >= 0.6 is 12.4 Å². The number of carbonyl (C=O) groups excluding carboxylic acids is 1. The molecular weight excluding hydrogens is 428 g/mol. The average molecular weight is 461 g/mol. The number of ether oxygens (including phenoxy) is 1. The maximum absolute atomic E-state index is 12.5. The van der Waals surface area contributed by atoms with Crippen LogP contribution in [0.4, 0.5) is 0 Å². The molecule has 0 aliphatic carbocycles. The van der Waals surface area contributed by atoms with Crippen LogP contribution in [0.1, 0.15) is 57.9 Å². The Labute approximate surface area is 195 Å². The lowest BCUT2D eigenvalue weighted by Gasteiger charge is -2.38. The molecule has 0 saturated heterocycles. The van der Waals surface area contributed by atoms with E-state index in [-0.39, 0.29) is 29.9 Å². The Kier molecular flexibility index (Phi) is 8.02. The van der Waals surface area contributed by atoms with E-state index < -0.39 is 0 Å². The monoisotopic (exact) mass is 460 g/mol. The molecule has 0 saturated carbocycles. The van der Waals surface area contributed by atoms with E-state index in [4.69, 9.17) is 16.2 Å². The van der Waals surface area contributed by atoms with E-state index in [1.165, 1.54) is 0 Å². The van der Waals surface area contributed by atoms with E-state index in [2.05, 4.69) is 17.2 Å². The van der Waals surface area contributed by atoms with Gasteiger partial charge < -0.3 is 26.6 Å². The van der Waals surface area contributed by atoms with Gasteiger partial charge in [0, 0.05) is 24.1 Å². The number of amides is 1. The second-order valence-corrected chi connectivity index (χ2v) is 8.53. The molecule has 1 aliphatic rings. The number of phenolic OH excluding ortho intramolecular Hbond substituents is 1. The van der Waals surface area contributed by atoms with Crippen molar-refractivity contribution >= 4 is 24.3 Å². The first-order valence-electron chi connectivity index (χ1n) is 10.5. The number of hydrogen-bond acceptors (Lipinski definition) is 4. The van der Waals surface area contributed by atoms with Crippen molar-refractivity contribution < 1.29 is 14.6 Å². The standard InChI is InChI=1S/C24H32N4O3.ClH/c1-14-15(2)21-19(16(3)20(14)29)9-10-24(4,31-21)11-12-27-22(30)18-7-5-17(6-8-18)13-28-23(25)26;/h5-8,29H,9-13H2,1-4H3,(H,27,30)(H4,25,26,28);1H. The van der Waals surface area contributed by atoms with Gasteiger partial charge >= 0.3 is 0 Å². The van der Waals surface area contributed by atoms with E-state index in [0.29, 0.717) is 30.8 Å². The van der Waals surface area contributed by atoms with Crippen LogP contribution < -0.4 is 21.5 Å². The third-order valence-electron chi connectivity index (χ3n) is 6.19. The normalized spacial score (nSPS) is 16.9. The predicted octanol–water partition coefficient (Wildman–Crippen LogP) is 3.42. The lowest BCUT2D eigenvalue weighted by Crippen LogP contribution is -2.40. The summed E-state index contributed by atoms with van der Waals surface area (Å²) in [5.41, 5.74) is 15.7. The summed E-state index contributed by atoms with van der Waals surface area (Å²) in [6.45, 7) is 8.81. The summed E-state index contributed by atoms with van der Waals surface area (Å²) in [4.78, 5) is 16.5. The van der Waals surface area contributed by atoms with Gasteiger partial charge in [-0.05, 0) is 74.9 Å². The van der Waals surface area contributed by atoms with Gasteiger partial charge in [-0.3, -0.25) is 4.79 Å². The van der Waals surface area contributed by atoms with Crippen molar-refractivity contribution in [3.8, 4) is 11.5 Å². The number of halogens is 1. The number of phenols is 1. The van der Waals surface area contributed by atoms with Crippen LogP contribution in [0.2, 0.25) is 0 Å². The number of guanidine groups is 1. The summed E-state index contributed by atoms with van der Waals surface area (Å²) < 4.78 is 6.42. The van der Waals surface area contributed by atoms with Gasteiger partial charge in [0.05, 0.1) is 6.54 Å². The topological polar surface area (TPSA) is 123 Å². The number of rotatable bonds is 6. The van der Waals surface area contributed by atoms with Crippen LogP contribution in [-0.4, -0.2) is 29.1 Å². The van der Waals surface area contributed by atoms with Crippen LogP contribution in [-0.2, 0) is 13.0 Å². The number of nitrogens with zero attached hydrogens (tertiary/aromatic N) is 1. The fraction of sp³-hybridized carbons (Fsp3) is 0.417. The lowest BCUT2D eigenvalue weighted by atomic mass is 9.85. The van der Waals surface area contributed by atoms with Gasteiger partial charge in [0.2, 0.25) is 0 Å². The summed E-state index contributed by atoms with van der Waals surface area (Å²) in [7, 11) is 0. The molecule has 7 nitrogen and oxygen atoms in total. The Bertz CT molecular complexity index is 1020. The van der Waals surface area contributed by atoms with Gasteiger partial charge in [-0.1, -0.05) is 12.1 Å². The Morgan fingerprint density at radius 3 is 2.44 bits per heavy atom. The number of aliphatic imine (C=N–C) groups is 1. The molecule has 32 heavy (non-hydrogen) atoms. The largest absolute Gasteiger partial charge is 0.507 e. The molecule has 174 valence electrons. The van der Waals surface area contributed by atoms with Gasteiger partial charge in [0.15, 0.2) is 5.96 Å². The maximum Gasteiger partial charge on any atom is 0.251 e. The molecule has 0 spiro atoms. The number of carbonyl (C=O) groups is 1. The fourth-order valence-electron chi connectivity index (χ4n) is 3.96. The first-order chi connectivity index (χ1) is 14.6. The molecule has 1 heterocycles. The SMILES string of the molecule is Cc1c(C)c2c(c(C)c1O)CCC(C)(CCNC(=O)c1ccc(CN=C(N)N)cc1)O2.Cl. The van der Waals surface area contributed by atoms with E-state index in [9.17, 15) is 9.90 Å². The molecule has 0 radical (unpaired) electrons. The number of benzene rings is 2. The third-order valence-corrected chi connectivity index (χ3v) is 6.19. The van der Waals surface area contributed by atoms with Crippen molar-refractivity contribution in [1.82, 2.24) is 5.32 Å². The molecule has 1 atom stereocenters. The van der Waals surface area contributed by atoms with Gasteiger partial charge in [-0.25, -0.2) is 4.99 Å². The highest BCUT2D eigenvalue weighted by Crippen LogP contribution is 2.43. The van der Waals surface area contributed by atoms with E-state index >= 15 is 0 Å².